The van der Waals surface area contributed by atoms with Gasteiger partial charge in [-0.15, -0.1) is 0 Å². The van der Waals surface area contributed by atoms with Crippen molar-refractivity contribution < 1.29 is 13.6 Å². The minimum absolute atomic E-state index is 0.00650. The molecular weight excluding hydrogens is 367 g/mol. The molecule has 1 aromatic heterocycles. The molecule has 29 heavy (non-hydrogen) atoms. The lowest BCUT2D eigenvalue weighted by Gasteiger charge is -2.32. The average molecular weight is 394 g/mol. The van der Waals surface area contributed by atoms with Crippen LogP contribution in [0.2, 0.25) is 0 Å². The van der Waals surface area contributed by atoms with Gasteiger partial charge in [-0.05, 0) is 55.5 Å². The molecule has 1 heterocycles. The average Bonchev–Trinajstić information content (AvgIpc) is 3.29. The summed E-state index contributed by atoms with van der Waals surface area (Å²) in [6, 6.07) is 14.2. The summed E-state index contributed by atoms with van der Waals surface area (Å²) in [6.07, 6.45) is 4.70. The molecule has 152 valence electrons. The number of hydrogen-bond acceptors (Lipinski definition) is 3. The van der Waals surface area contributed by atoms with Crippen LogP contribution in [0, 0.1) is 5.82 Å². The first kappa shape index (κ1) is 20.8. The van der Waals surface area contributed by atoms with Gasteiger partial charge < -0.3 is 9.32 Å². The first-order chi connectivity index (χ1) is 14.0. The van der Waals surface area contributed by atoms with Crippen molar-refractivity contribution in [2.75, 3.05) is 6.54 Å². The highest BCUT2D eigenvalue weighted by atomic mass is 19.1. The first-order valence-corrected chi connectivity index (χ1v) is 10.1. The number of nitrogens with zero attached hydrogens (tertiary/aromatic N) is 2. The Bertz CT molecular complexity index is 922. The molecule has 3 aromatic rings. The van der Waals surface area contributed by atoms with Crippen molar-refractivity contribution in [1.82, 2.24) is 9.88 Å². The van der Waals surface area contributed by atoms with Gasteiger partial charge in [0.25, 0.3) is 5.91 Å². The molecule has 0 aliphatic heterocycles. The predicted molar refractivity (Wildman–Crippen MR) is 112 cm³/mol. The van der Waals surface area contributed by atoms with Crippen LogP contribution in [-0.4, -0.2) is 28.4 Å². The van der Waals surface area contributed by atoms with E-state index in [0.717, 1.165) is 24.0 Å². The molecule has 0 unspecified atom stereocenters. The number of carbonyl (C=O) groups is 1. The molecule has 0 saturated heterocycles. The van der Waals surface area contributed by atoms with E-state index in [-0.39, 0.29) is 23.7 Å². The van der Waals surface area contributed by atoms with Gasteiger partial charge in [-0.3, -0.25) is 4.79 Å². The van der Waals surface area contributed by atoms with Crippen molar-refractivity contribution in [3.05, 3.63) is 78.1 Å². The van der Waals surface area contributed by atoms with E-state index in [4.69, 9.17) is 4.42 Å². The fraction of sp³-hybridized carbons (Fsp3) is 0.333. The Balaban J connectivity index is 1.78. The van der Waals surface area contributed by atoms with E-state index in [2.05, 4.69) is 18.8 Å². The molecule has 0 bridgehead atoms. The maximum Gasteiger partial charge on any atom is 0.254 e. The molecule has 5 heteroatoms. The fourth-order valence-electron chi connectivity index (χ4n) is 3.75. The third-order valence-corrected chi connectivity index (χ3v) is 5.40. The summed E-state index contributed by atoms with van der Waals surface area (Å²) in [5.74, 6) is 0.639. The van der Waals surface area contributed by atoms with Gasteiger partial charge in [0.1, 0.15) is 5.82 Å². The van der Waals surface area contributed by atoms with Crippen LogP contribution in [0.5, 0.6) is 0 Å². The zero-order chi connectivity index (χ0) is 20.8. The molecule has 4 nitrogen and oxygen atoms in total. The highest BCUT2D eigenvalue weighted by Gasteiger charge is 2.24. The van der Waals surface area contributed by atoms with Crippen molar-refractivity contribution >= 4 is 5.91 Å². The standard InChI is InChI=1S/C24H27FN2O2/c1-4-22(13-17(3)18-9-11-21(25)12-10-18)27(5-2)24(28)20-8-6-7-19(14-20)23-15-26-16-29-23/h6-12,14-17,22H,4-5,13H2,1-3H3/t17-,22-/m1/s1. The highest BCUT2D eigenvalue weighted by molar-refractivity contribution is 5.95. The summed E-state index contributed by atoms with van der Waals surface area (Å²) in [5.41, 5.74) is 2.55. The van der Waals surface area contributed by atoms with E-state index in [0.29, 0.717) is 17.9 Å². The van der Waals surface area contributed by atoms with Crippen LogP contribution in [-0.2, 0) is 0 Å². The Morgan fingerprint density at radius 2 is 1.93 bits per heavy atom. The minimum Gasteiger partial charge on any atom is -0.444 e. The molecule has 0 spiro atoms. The molecule has 0 radical (unpaired) electrons. The quantitative estimate of drug-likeness (QED) is 0.477. The number of halogens is 1. The predicted octanol–water partition coefficient (Wildman–Crippen LogP) is 5.92. The summed E-state index contributed by atoms with van der Waals surface area (Å²) in [5, 5.41) is 0. The largest absolute Gasteiger partial charge is 0.444 e. The Labute approximate surface area is 171 Å². The molecule has 2 aromatic carbocycles. The summed E-state index contributed by atoms with van der Waals surface area (Å²) in [4.78, 5) is 19.2. The van der Waals surface area contributed by atoms with E-state index in [1.807, 2.05) is 48.2 Å². The smallest absolute Gasteiger partial charge is 0.254 e. The third-order valence-electron chi connectivity index (χ3n) is 5.40. The molecule has 0 fully saturated rings. The lowest BCUT2D eigenvalue weighted by Crippen LogP contribution is -2.40. The van der Waals surface area contributed by atoms with Crippen LogP contribution in [0.25, 0.3) is 11.3 Å². The summed E-state index contributed by atoms with van der Waals surface area (Å²) >= 11 is 0. The summed E-state index contributed by atoms with van der Waals surface area (Å²) in [6.45, 7) is 6.85. The van der Waals surface area contributed by atoms with Gasteiger partial charge in [0.15, 0.2) is 12.2 Å². The Hall–Kier alpha value is -2.95. The van der Waals surface area contributed by atoms with Gasteiger partial charge in [-0.2, -0.15) is 0 Å². The zero-order valence-electron chi connectivity index (χ0n) is 17.1. The van der Waals surface area contributed by atoms with Crippen molar-refractivity contribution in [2.45, 2.75) is 45.6 Å². The van der Waals surface area contributed by atoms with Gasteiger partial charge in [-0.1, -0.05) is 38.1 Å². The summed E-state index contributed by atoms with van der Waals surface area (Å²) in [7, 11) is 0. The highest BCUT2D eigenvalue weighted by Crippen LogP contribution is 2.26. The Morgan fingerprint density at radius 1 is 1.17 bits per heavy atom. The number of amides is 1. The SMILES string of the molecule is CC[C@H](C[C@@H](C)c1ccc(F)cc1)N(CC)C(=O)c1cccc(-c2cnco2)c1. The Kier molecular flexibility index (Phi) is 6.81. The second-order valence-electron chi connectivity index (χ2n) is 7.29. The second kappa shape index (κ2) is 9.50. The van der Waals surface area contributed by atoms with Crippen molar-refractivity contribution in [3.63, 3.8) is 0 Å². The monoisotopic (exact) mass is 394 g/mol. The van der Waals surface area contributed by atoms with E-state index in [9.17, 15) is 9.18 Å². The van der Waals surface area contributed by atoms with E-state index in [1.165, 1.54) is 18.5 Å². The number of benzene rings is 2. The number of aromatic nitrogens is 1. The van der Waals surface area contributed by atoms with Gasteiger partial charge in [0.2, 0.25) is 0 Å². The lowest BCUT2D eigenvalue weighted by molar-refractivity contribution is 0.0669. The van der Waals surface area contributed by atoms with Crippen LogP contribution in [0.3, 0.4) is 0 Å². The van der Waals surface area contributed by atoms with Gasteiger partial charge >= 0.3 is 0 Å². The molecule has 2 atom stereocenters. The molecule has 0 saturated carbocycles. The zero-order valence-corrected chi connectivity index (χ0v) is 17.1. The van der Waals surface area contributed by atoms with Crippen molar-refractivity contribution in [3.8, 4) is 11.3 Å². The van der Waals surface area contributed by atoms with Crippen LogP contribution in [0.1, 0.15) is 55.5 Å². The summed E-state index contributed by atoms with van der Waals surface area (Å²) < 4.78 is 18.6. The van der Waals surface area contributed by atoms with Crippen molar-refractivity contribution in [2.24, 2.45) is 0 Å². The molecule has 0 aliphatic rings. The number of hydrogen-bond donors (Lipinski definition) is 0. The molecule has 3 rings (SSSR count). The third kappa shape index (κ3) is 4.91. The Morgan fingerprint density at radius 3 is 2.55 bits per heavy atom. The van der Waals surface area contributed by atoms with E-state index in [1.54, 1.807) is 6.20 Å². The van der Waals surface area contributed by atoms with Gasteiger partial charge in [0, 0.05) is 23.7 Å². The van der Waals surface area contributed by atoms with E-state index >= 15 is 0 Å². The minimum atomic E-state index is -0.231. The maximum atomic E-state index is 13.3. The molecule has 0 aliphatic carbocycles. The maximum absolute atomic E-state index is 13.3. The van der Waals surface area contributed by atoms with Gasteiger partial charge in [-0.25, -0.2) is 9.37 Å². The molecule has 0 N–H and O–H groups in total. The van der Waals surface area contributed by atoms with Gasteiger partial charge in [0.05, 0.1) is 6.20 Å². The second-order valence-corrected chi connectivity index (χ2v) is 7.29. The number of carbonyl (C=O) groups excluding carboxylic acids is 1. The normalized spacial score (nSPS) is 13.1. The van der Waals surface area contributed by atoms with Crippen LogP contribution in [0.15, 0.2) is 65.5 Å². The number of rotatable bonds is 8. The molecule has 1 amide bonds. The molecular formula is C24H27FN2O2. The van der Waals surface area contributed by atoms with E-state index < -0.39 is 0 Å². The van der Waals surface area contributed by atoms with Crippen molar-refractivity contribution in [1.29, 1.82) is 0 Å². The van der Waals surface area contributed by atoms with Crippen LogP contribution >= 0.6 is 0 Å². The number of oxazole rings is 1. The van der Waals surface area contributed by atoms with Crippen LogP contribution in [0.4, 0.5) is 4.39 Å². The topological polar surface area (TPSA) is 46.3 Å². The van der Waals surface area contributed by atoms with Crippen LogP contribution < -0.4 is 0 Å². The fourth-order valence-corrected chi connectivity index (χ4v) is 3.75. The lowest BCUT2D eigenvalue weighted by atomic mass is 9.91. The first-order valence-electron chi connectivity index (χ1n) is 10.1.